The molecule has 0 saturated carbocycles. The van der Waals surface area contributed by atoms with Crippen molar-refractivity contribution in [3.8, 4) is 16.9 Å². The van der Waals surface area contributed by atoms with Gasteiger partial charge in [-0.2, -0.15) is 5.10 Å². The predicted octanol–water partition coefficient (Wildman–Crippen LogP) is 3.28. The van der Waals surface area contributed by atoms with Crippen molar-refractivity contribution in [3.63, 3.8) is 0 Å². The fraction of sp³-hybridized carbons (Fsp3) is 0. The zero-order valence-corrected chi connectivity index (χ0v) is 11.6. The molecule has 4 nitrogen and oxygen atoms in total. The summed E-state index contributed by atoms with van der Waals surface area (Å²) in [6, 6.07) is 11.7. The van der Waals surface area contributed by atoms with Gasteiger partial charge in [-0.3, -0.25) is 4.98 Å². The molecule has 0 bridgehead atoms. The van der Waals surface area contributed by atoms with E-state index >= 15 is 0 Å². The van der Waals surface area contributed by atoms with Gasteiger partial charge in [0.15, 0.2) is 0 Å². The average molecular weight is 315 g/mol. The summed E-state index contributed by atoms with van der Waals surface area (Å²) < 4.78 is 2.80. The third kappa shape index (κ3) is 2.37. The number of hydrogen-bond donors (Lipinski definition) is 1. The average Bonchev–Trinajstić information content (AvgIpc) is 2.83. The second-order valence-corrected chi connectivity index (χ2v) is 5.01. The number of benzene rings is 1. The molecule has 2 N–H and O–H groups in total. The Labute approximate surface area is 119 Å². The topological polar surface area (TPSA) is 56.7 Å². The van der Waals surface area contributed by atoms with Gasteiger partial charge in [0.25, 0.3) is 0 Å². The van der Waals surface area contributed by atoms with E-state index in [-0.39, 0.29) is 0 Å². The van der Waals surface area contributed by atoms with Gasteiger partial charge in [-0.05, 0) is 36.4 Å². The van der Waals surface area contributed by atoms with Crippen molar-refractivity contribution < 1.29 is 0 Å². The normalized spacial score (nSPS) is 10.6. The van der Waals surface area contributed by atoms with Gasteiger partial charge in [-0.15, -0.1) is 0 Å². The van der Waals surface area contributed by atoms with Crippen LogP contribution in [0.3, 0.4) is 0 Å². The monoisotopic (exact) mass is 314 g/mol. The molecule has 19 heavy (non-hydrogen) atoms. The van der Waals surface area contributed by atoms with Crippen LogP contribution in [0.2, 0.25) is 0 Å². The quantitative estimate of drug-likeness (QED) is 0.789. The van der Waals surface area contributed by atoms with E-state index in [4.69, 9.17) is 5.73 Å². The molecule has 0 saturated heterocycles. The molecule has 0 radical (unpaired) electrons. The fourth-order valence-corrected chi connectivity index (χ4v) is 2.10. The Balaban J connectivity index is 2.04. The molecule has 0 aliphatic carbocycles. The van der Waals surface area contributed by atoms with Gasteiger partial charge < -0.3 is 5.73 Å². The number of nitrogens with two attached hydrogens (primary N) is 1. The number of rotatable bonds is 2. The SMILES string of the molecule is Nc1cn(-c2ccc(Br)cc2)nc1-c1cccnc1. The summed E-state index contributed by atoms with van der Waals surface area (Å²) in [5.74, 6) is 0. The Morgan fingerprint density at radius 2 is 1.89 bits per heavy atom. The summed E-state index contributed by atoms with van der Waals surface area (Å²) in [5, 5.41) is 4.52. The third-order valence-electron chi connectivity index (χ3n) is 2.77. The highest BCUT2D eigenvalue weighted by atomic mass is 79.9. The molecule has 0 fully saturated rings. The van der Waals surface area contributed by atoms with Crippen LogP contribution in [0.25, 0.3) is 16.9 Å². The first-order valence-electron chi connectivity index (χ1n) is 5.75. The van der Waals surface area contributed by atoms with Gasteiger partial charge in [-0.1, -0.05) is 15.9 Å². The fourth-order valence-electron chi connectivity index (χ4n) is 1.84. The van der Waals surface area contributed by atoms with Crippen molar-refractivity contribution >= 4 is 21.6 Å². The van der Waals surface area contributed by atoms with E-state index in [2.05, 4.69) is 26.0 Å². The molecule has 0 amide bonds. The Bertz CT molecular complexity index is 689. The van der Waals surface area contributed by atoms with Gasteiger partial charge in [0.05, 0.1) is 17.6 Å². The lowest BCUT2D eigenvalue weighted by atomic mass is 10.2. The Kier molecular flexibility index (Phi) is 3.05. The maximum Gasteiger partial charge on any atom is 0.117 e. The van der Waals surface area contributed by atoms with Crippen LogP contribution in [0.5, 0.6) is 0 Å². The van der Waals surface area contributed by atoms with Crippen LogP contribution in [0.15, 0.2) is 59.5 Å². The minimum Gasteiger partial charge on any atom is -0.396 e. The van der Waals surface area contributed by atoms with Crippen molar-refractivity contribution in [1.82, 2.24) is 14.8 Å². The van der Waals surface area contributed by atoms with Gasteiger partial charge in [-0.25, -0.2) is 4.68 Å². The third-order valence-corrected chi connectivity index (χ3v) is 3.30. The van der Waals surface area contributed by atoms with E-state index in [9.17, 15) is 0 Å². The van der Waals surface area contributed by atoms with Gasteiger partial charge in [0.1, 0.15) is 5.69 Å². The van der Waals surface area contributed by atoms with Crippen LogP contribution in [0, 0.1) is 0 Å². The Hall–Kier alpha value is -2.14. The number of anilines is 1. The highest BCUT2D eigenvalue weighted by Crippen LogP contribution is 2.24. The lowest BCUT2D eigenvalue weighted by molar-refractivity contribution is 0.884. The molecule has 1 aromatic carbocycles. The second-order valence-electron chi connectivity index (χ2n) is 4.10. The summed E-state index contributed by atoms with van der Waals surface area (Å²) >= 11 is 3.41. The molecular formula is C14H11BrN4. The van der Waals surface area contributed by atoms with E-state index < -0.39 is 0 Å². The van der Waals surface area contributed by atoms with E-state index in [1.165, 1.54) is 0 Å². The van der Waals surface area contributed by atoms with Crippen LogP contribution >= 0.6 is 15.9 Å². The largest absolute Gasteiger partial charge is 0.396 e. The van der Waals surface area contributed by atoms with E-state index in [1.54, 1.807) is 17.1 Å². The molecule has 0 unspecified atom stereocenters. The second kappa shape index (κ2) is 4.85. The molecule has 0 aliphatic heterocycles. The minimum absolute atomic E-state index is 0.635. The molecule has 0 aliphatic rings. The van der Waals surface area contributed by atoms with Crippen LogP contribution in [-0.2, 0) is 0 Å². The summed E-state index contributed by atoms with van der Waals surface area (Å²) in [5.41, 5.74) is 9.28. The number of nitrogens with zero attached hydrogens (tertiary/aromatic N) is 3. The standard InChI is InChI=1S/C14H11BrN4/c15-11-3-5-12(6-4-11)19-9-13(16)14(18-19)10-2-1-7-17-8-10/h1-9H,16H2. The molecule has 0 atom stereocenters. The molecule has 2 aromatic heterocycles. The maximum absolute atomic E-state index is 6.02. The molecule has 2 heterocycles. The first-order valence-corrected chi connectivity index (χ1v) is 6.55. The van der Waals surface area contributed by atoms with E-state index in [1.807, 2.05) is 42.6 Å². The number of hydrogen-bond acceptors (Lipinski definition) is 3. The molecule has 3 aromatic rings. The number of aromatic nitrogens is 3. The Morgan fingerprint density at radius 1 is 1.11 bits per heavy atom. The molecule has 0 spiro atoms. The molecule has 5 heteroatoms. The summed E-state index contributed by atoms with van der Waals surface area (Å²) in [4.78, 5) is 4.08. The predicted molar refractivity (Wildman–Crippen MR) is 78.9 cm³/mol. The summed E-state index contributed by atoms with van der Waals surface area (Å²) in [7, 11) is 0. The minimum atomic E-state index is 0.635. The molecule has 3 rings (SSSR count). The van der Waals surface area contributed by atoms with Gasteiger partial charge in [0.2, 0.25) is 0 Å². The highest BCUT2D eigenvalue weighted by molar-refractivity contribution is 9.10. The lowest BCUT2D eigenvalue weighted by Crippen LogP contribution is -1.94. The Morgan fingerprint density at radius 3 is 2.58 bits per heavy atom. The number of nitrogen functional groups attached to an aromatic ring is 1. The zero-order valence-electron chi connectivity index (χ0n) is 9.99. The van der Waals surface area contributed by atoms with E-state index in [0.29, 0.717) is 5.69 Å². The molecular weight excluding hydrogens is 304 g/mol. The van der Waals surface area contributed by atoms with E-state index in [0.717, 1.165) is 21.4 Å². The lowest BCUT2D eigenvalue weighted by Gasteiger charge is -2.00. The maximum atomic E-state index is 6.02. The summed E-state index contributed by atoms with van der Waals surface area (Å²) in [6.45, 7) is 0. The summed E-state index contributed by atoms with van der Waals surface area (Å²) in [6.07, 6.45) is 5.29. The number of halogens is 1. The van der Waals surface area contributed by atoms with Crippen molar-refractivity contribution in [1.29, 1.82) is 0 Å². The van der Waals surface area contributed by atoms with Gasteiger partial charge in [0, 0.05) is 22.4 Å². The van der Waals surface area contributed by atoms with Crippen molar-refractivity contribution in [3.05, 3.63) is 59.5 Å². The smallest absolute Gasteiger partial charge is 0.117 e. The van der Waals surface area contributed by atoms with Crippen LogP contribution < -0.4 is 5.73 Å². The van der Waals surface area contributed by atoms with Gasteiger partial charge >= 0.3 is 0 Å². The first-order chi connectivity index (χ1) is 9.24. The highest BCUT2D eigenvalue weighted by Gasteiger charge is 2.09. The van der Waals surface area contributed by atoms with Crippen molar-refractivity contribution in [2.45, 2.75) is 0 Å². The van der Waals surface area contributed by atoms with Crippen molar-refractivity contribution in [2.75, 3.05) is 5.73 Å². The van der Waals surface area contributed by atoms with Crippen LogP contribution in [0.1, 0.15) is 0 Å². The van der Waals surface area contributed by atoms with Crippen molar-refractivity contribution in [2.24, 2.45) is 0 Å². The van der Waals surface area contributed by atoms with Crippen LogP contribution in [0.4, 0.5) is 5.69 Å². The zero-order chi connectivity index (χ0) is 13.2. The van der Waals surface area contributed by atoms with Crippen LogP contribution in [-0.4, -0.2) is 14.8 Å². The number of pyridine rings is 1. The molecule has 94 valence electrons. The first kappa shape index (κ1) is 11.9.